The van der Waals surface area contributed by atoms with Crippen molar-refractivity contribution in [2.24, 2.45) is 0 Å². The number of amides is 2. The van der Waals surface area contributed by atoms with Gasteiger partial charge in [-0.05, 0) is 60.4 Å². The Morgan fingerprint density at radius 1 is 1.20 bits per heavy atom. The van der Waals surface area contributed by atoms with E-state index in [2.05, 4.69) is 25.9 Å². The number of halogens is 3. The first-order chi connectivity index (χ1) is 16.9. The molecule has 0 aliphatic carbocycles. The normalized spacial score (nSPS) is 19.4. The number of carbonyl (C=O) groups excluding carboxylic acids is 1. The number of hydrogen-bond acceptors (Lipinski definition) is 5. The molecule has 3 N–H and O–H groups in total. The Bertz CT molecular complexity index is 1270. The molecule has 182 valence electrons. The Kier molecular flexibility index (Phi) is 6.53. The van der Waals surface area contributed by atoms with Gasteiger partial charge >= 0.3 is 6.03 Å². The highest BCUT2D eigenvalue weighted by atomic mass is 35.5. The van der Waals surface area contributed by atoms with E-state index in [0.29, 0.717) is 38.5 Å². The van der Waals surface area contributed by atoms with Crippen LogP contribution in [0.2, 0.25) is 5.02 Å². The van der Waals surface area contributed by atoms with Crippen molar-refractivity contribution in [2.45, 2.75) is 31.8 Å². The number of fused-ring (bicyclic) bond motifs is 1. The molecule has 0 bridgehead atoms. The van der Waals surface area contributed by atoms with Crippen molar-refractivity contribution in [3.63, 3.8) is 0 Å². The smallest absolute Gasteiger partial charge is 0.318 e. The first-order valence-corrected chi connectivity index (χ1v) is 11.8. The van der Waals surface area contributed by atoms with E-state index in [1.807, 2.05) is 0 Å². The maximum absolute atomic E-state index is 14.0. The van der Waals surface area contributed by atoms with E-state index in [4.69, 9.17) is 11.6 Å². The van der Waals surface area contributed by atoms with Gasteiger partial charge in [0.2, 0.25) is 5.95 Å². The van der Waals surface area contributed by atoms with E-state index in [9.17, 15) is 13.6 Å². The molecule has 2 aliphatic rings. The summed E-state index contributed by atoms with van der Waals surface area (Å²) in [7, 11) is 0. The molecule has 2 atom stereocenters. The summed E-state index contributed by atoms with van der Waals surface area (Å²) in [6.07, 6.45) is 2.41. The molecule has 0 unspecified atom stereocenters. The van der Waals surface area contributed by atoms with Crippen molar-refractivity contribution in [3.8, 4) is 0 Å². The van der Waals surface area contributed by atoms with E-state index in [1.165, 1.54) is 18.2 Å². The Hall–Kier alpha value is -3.30. The number of hydrogen-bond donors (Lipinski definition) is 3. The van der Waals surface area contributed by atoms with Crippen molar-refractivity contribution in [1.29, 1.82) is 0 Å². The number of nitrogens with one attached hydrogen (secondary N) is 3. The predicted octanol–water partition coefficient (Wildman–Crippen LogP) is 4.28. The molecule has 10 heteroatoms. The topological polar surface area (TPSA) is 82.2 Å². The largest absolute Gasteiger partial charge is 0.333 e. The quantitative estimate of drug-likeness (QED) is 0.500. The monoisotopic (exact) mass is 498 g/mol. The van der Waals surface area contributed by atoms with Crippen LogP contribution < -0.4 is 16.0 Å². The molecule has 2 aliphatic heterocycles. The predicted molar refractivity (Wildman–Crippen MR) is 130 cm³/mol. The van der Waals surface area contributed by atoms with Crippen LogP contribution in [0.1, 0.15) is 28.3 Å². The van der Waals surface area contributed by atoms with Gasteiger partial charge in [0.25, 0.3) is 0 Å². The van der Waals surface area contributed by atoms with Crippen molar-refractivity contribution in [3.05, 3.63) is 81.6 Å². The zero-order chi connectivity index (χ0) is 24.5. The number of aromatic nitrogens is 2. The maximum Gasteiger partial charge on any atom is 0.318 e. The van der Waals surface area contributed by atoms with Gasteiger partial charge in [-0.1, -0.05) is 17.7 Å². The Morgan fingerprint density at radius 3 is 2.86 bits per heavy atom. The fourth-order valence-electron chi connectivity index (χ4n) is 4.60. The van der Waals surface area contributed by atoms with E-state index >= 15 is 0 Å². The Morgan fingerprint density at radius 2 is 2.06 bits per heavy atom. The molecule has 5 rings (SSSR count). The molecular weight excluding hydrogens is 474 g/mol. The van der Waals surface area contributed by atoms with Crippen LogP contribution in [0.25, 0.3) is 0 Å². The Labute approximate surface area is 206 Å². The molecule has 35 heavy (non-hydrogen) atoms. The van der Waals surface area contributed by atoms with Crippen LogP contribution in [-0.4, -0.2) is 46.6 Å². The average Bonchev–Trinajstić information content (AvgIpc) is 3.30. The Balaban J connectivity index is 1.26. The van der Waals surface area contributed by atoms with E-state index < -0.39 is 5.82 Å². The van der Waals surface area contributed by atoms with E-state index in [1.54, 1.807) is 36.2 Å². The molecule has 2 amide bonds. The van der Waals surface area contributed by atoms with Gasteiger partial charge in [0.15, 0.2) is 0 Å². The molecule has 0 saturated carbocycles. The van der Waals surface area contributed by atoms with Gasteiger partial charge in [-0.3, -0.25) is 0 Å². The van der Waals surface area contributed by atoms with Gasteiger partial charge in [0.1, 0.15) is 11.6 Å². The van der Waals surface area contributed by atoms with Gasteiger partial charge in [-0.2, -0.15) is 0 Å². The summed E-state index contributed by atoms with van der Waals surface area (Å²) in [5.74, 6) is -0.430. The van der Waals surface area contributed by atoms with Crippen LogP contribution in [-0.2, 0) is 13.0 Å². The summed E-state index contributed by atoms with van der Waals surface area (Å²) in [6, 6.07) is 8.88. The highest BCUT2D eigenvalue weighted by Gasteiger charge is 2.32. The highest BCUT2D eigenvalue weighted by Crippen LogP contribution is 2.27. The van der Waals surface area contributed by atoms with E-state index in [-0.39, 0.29) is 28.8 Å². The van der Waals surface area contributed by atoms with Crippen molar-refractivity contribution < 1.29 is 13.6 Å². The van der Waals surface area contributed by atoms with Crippen molar-refractivity contribution in [1.82, 2.24) is 25.5 Å². The summed E-state index contributed by atoms with van der Waals surface area (Å²) in [5.41, 5.74) is 4.02. The van der Waals surface area contributed by atoms with Crippen LogP contribution in [0.15, 0.2) is 42.6 Å². The second kappa shape index (κ2) is 9.75. The molecule has 3 heterocycles. The lowest BCUT2D eigenvalue weighted by Gasteiger charge is -2.30. The summed E-state index contributed by atoms with van der Waals surface area (Å²) < 4.78 is 27.4. The fourth-order valence-corrected chi connectivity index (χ4v) is 4.72. The number of aryl methyl sites for hydroxylation is 1. The summed E-state index contributed by atoms with van der Waals surface area (Å²) in [4.78, 5) is 23.8. The van der Waals surface area contributed by atoms with Crippen LogP contribution in [0.4, 0.5) is 25.2 Å². The van der Waals surface area contributed by atoms with Crippen molar-refractivity contribution >= 4 is 29.3 Å². The second-order valence-corrected chi connectivity index (χ2v) is 9.32. The number of benzene rings is 2. The molecule has 1 fully saturated rings. The first-order valence-electron chi connectivity index (χ1n) is 11.5. The minimum absolute atomic E-state index is 0.0557. The first kappa shape index (κ1) is 23.4. The standard InChI is InChI=1S/C25H25ClF2N6O/c1-14-8-17(27)3-5-21(14)31-24-30-10-16-6-7-34(13-23(16)32-24)25(35)33-22-12-29-11-18(22)15-2-4-19(26)20(28)9-15/h2-5,8-10,18,22,29H,6-7,11-13H2,1H3,(H,33,35)(H,30,31,32)/t18-,22+/m0/s1. The summed E-state index contributed by atoms with van der Waals surface area (Å²) >= 11 is 5.82. The van der Waals surface area contributed by atoms with E-state index in [0.717, 1.165) is 28.1 Å². The van der Waals surface area contributed by atoms with Crippen LogP contribution in [0, 0.1) is 18.6 Å². The third-order valence-electron chi connectivity index (χ3n) is 6.56. The molecular formula is C25H25ClF2N6O. The van der Waals surface area contributed by atoms with Gasteiger partial charge in [-0.25, -0.2) is 23.5 Å². The number of nitrogens with zero attached hydrogens (tertiary/aromatic N) is 3. The van der Waals surface area contributed by atoms with Crippen LogP contribution >= 0.6 is 11.6 Å². The number of carbonyl (C=O) groups is 1. The fraction of sp³-hybridized carbons (Fsp3) is 0.320. The lowest BCUT2D eigenvalue weighted by molar-refractivity contribution is 0.187. The lowest BCUT2D eigenvalue weighted by Crippen LogP contribution is -2.48. The number of rotatable bonds is 4. The second-order valence-electron chi connectivity index (χ2n) is 8.92. The summed E-state index contributed by atoms with van der Waals surface area (Å²) in [5, 5.41) is 9.59. The molecule has 1 saturated heterocycles. The minimum atomic E-state index is -0.464. The third-order valence-corrected chi connectivity index (χ3v) is 6.87. The molecule has 7 nitrogen and oxygen atoms in total. The molecule has 3 aromatic rings. The molecule has 1 aromatic heterocycles. The molecule has 0 radical (unpaired) electrons. The van der Waals surface area contributed by atoms with Gasteiger partial charge < -0.3 is 20.9 Å². The lowest BCUT2D eigenvalue weighted by atomic mass is 9.94. The molecule has 0 spiro atoms. The van der Waals surface area contributed by atoms with Crippen molar-refractivity contribution in [2.75, 3.05) is 25.0 Å². The van der Waals surface area contributed by atoms with Crippen LogP contribution in [0.5, 0.6) is 0 Å². The van der Waals surface area contributed by atoms with Gasteiger partial charge in [0, 0.05) is 37.4 Å². The average molecular weight is 499 g/mol. The van der Waals surface area contributed by atoms with Crippen LogP contribution in [0.3, 0.4) is 0 Å². The zero-order valence-corrected chi connectivity index (χ0v) is 19.9. The highest BCUT2D eigenvalue weighted by molar-refractivity contribution is 6.30. The minimum Gasteiger partial charge on any atom is -0.333 e. The SMILES string of the molecule is Cc1cc(F)ccc1Nc1ncc2c(n1)CN(C(=O)N[C@@H]1CNC[C@H]1c1ccc(Cl)c(F)c1)CC2. The molecule has 2 aromatic carbocycles. The number of anilines is 2. The third kappa shape index (κ3) is 5.06. The zero-order valence-electron chi connectivity index (χ0n) is 19.1. The van der Waals surface area contributed by atoms with Gasteiger partial charge in [0.05, 0.1) is 23.3 Å². The summed E-state index contributed by atoms with van der Waals surface area (Å²) in [6.45, 7) is 3.94. The maximum atomic E-state index is 14.0. The number of urea groups is 1. The van der Waals surface area contributed by atoms with Gasteiger partial charge in [-0.15, -0.1) is 0 Å².